The topological polar surface area (TPSA) is 34.1 Å². The highest BCUT2D eigenvalue weighted by Gasteiger charge is 2.65. The molecule has 4 aliphatic rings. The molecule has 24 heavy (non-hydrogen) atoms. The molecule has 0 aromatic heterocycles. The maximum atomic E-state index is 12.9. The van der Waals surface area contributed by atoms with Gasteiger partial charge < -0.3 is 0 Å². The molecule has 0 aromatic rings. The molecular formula is C21H31BrO2. The number of carbonyl (C=O) groups is 2. The number of carbonyl (C=O) groups excluding carboxylic acids is 2. The number of ketones is 2. The molecule has 134 valence electrons. The van der Waals surface area contributed by atoms with Crippen LogP contribution in [0.2, 0.25) is 0 Å². The van der Waals surface area contributed by atoms with Gasteiger partial charge in [0, 0.05) is 16.7 Å². The highest BCUT2D eigenvalue weighted by Crippen LogP contribution is 2.66. The smallest absolute Gasteiger partial charge is 0.202 e. The molecule has 0 N–H and O–H groups in total. The molecule has 4 rings (SSSR count). The van der Waals surface area contributed by atoms with E-state index in [1.807, 2.05) is 0 Å². The molecule has 2 unspecified atom stereocenters. The van der Waals surface area contributed by atoms with Crippen LogP contribution >= 0.6 is 15.9 Å². The molecule has 0 aromatic carbocycles. The van der Waals surface area contributed by atoms with E-state index in [4.69, 9.17) is 0 Å². The van der Waals surface area contributed by atoms with Gasteiger partial charge in [0.05, 0.1) is 0 Å². The van der Waals surface area contributed by atoms with E-state index in [1.165, 1.54) is 32.1 Å². The van der Waals surface area contributed by atoms with E-state index in [2.05, 4.69) is 36.7 Å². The first-order valence-electron chi connectivity index (χ1n) is 10.1. The molecule has 0 aliphatic heterocycles. The quantitative estimate of drug-likeness (QED) is 0.453. The first-order valence-corrected chi connectivity index (χ1v) is 11.0. The minimum absolute atomic E-state index is 0.00713. The average Bonchev–Trinajstić information content (AvgIpc) is 2.73. The normalized spacial score (nSPS) is 54.2. The summed E-state index contributed by atoms with van der Waals surface area (Å²) < 4.78 is 0. The Kier molecular flexibility index (Phi) is 4.07. The second-order valence-corrected chi connectivity index (χ2v) is 10.8. The highest BCUT2D eigenvalue weighted by molar-refractivity contribution is 9.09. The zero-order valence-electron chi connectivity index (χ0n) is 15.3. The van der Waals surface area contributed by atoms with E-state index in [0.717, 1.165) is 25.2 Å². The van der Waals surface area contributed by atoms with Crippen molar-refractivity contribution in [3.05, 3.63) is 0 Å². The van der Waals surface area contributed by atoms with Gasteiger partial charge in [0.25, 0.3) is 0 Å². The summed E-state index contributed by atoms with van der Waals surface area (Å²) in [7, 11) is 0. The fourth-order valence-electron chi connectivity index (χ4n) is 7.73. The Bertz CT molecular complexity index is 572. The number of fused-ring (bicyclic) bond motifs is 5. The lowest BCUT2D eigenvalue weighted by Gasteiger charge is -2.60. The Morgan fingerprint density at radius 2 is 1.71 bits per heavy atom. The Labute approximate surface area is 154 Å². The Hall–Kier alpha value is -0.180. The van der Waals surface area contributed by atoms with Crippen molar-refractivity contribution in [1.82, 2.24) is 0 Å². The van der Waals surface area contributed by atoms with Crippen LogP contribution in [0.15, 0.2) is 0 Å². The standard InChI is InChI=1S/C21H31BrO2/c1-4-13-18(23)19(24)17-12-7-8-15-16(22)6-5-10-20(15,2)14(12)9-11-21(13,17)3/h12-17H,4-11H2,1-3H3/t12-,13+,14+,15?,16?,17-,20-,21-/m1/s1. The van der Waals surface area contributed by atoms with Gasteiger partial charge in [-0.1, -0.05) is 43.1 Å². The van der Waals surface area contributed by atoms with Crippen molar-refractivity contribution in [1.29, 1.82) is 0 Å². The molecule has 2 nitrogen and oxygen atoms in total. The zero-order valence-corrected chi connectivity index (χ0v) is 16.9. The zero-order chi connectivity index (χ0) is 17.3. The average molecular weight is 395 g/mol. The molecule has 3 heteroatoms. The summed E-state index contributed by atoms with van der Waals surface area (Å²) >= 11 is 3.97. The Morgan fingerprint density at radius 1 is 0.958 bits per heavy atom. The predicted molar refractivity (Wildman–Crippen MR) is 99.0 cm³/mol. The van der Waals surface area contributed by atoms with Crippen LogP contribution in [0.3, 0.4) is 0 Å². The third-order valence-corrected chi connectivity index (χ3v) is 9.93. The fraction of sp³-hybridized carbons (Fsp3) is 0.905. The SMILES string of the molecule is CC[C@H]1C(=O)C(=O)[C@H]2[C@@H]3CCC4C(Br)CCC[C@]4(C)[C@H]3CC[C@]12C. The predicted octanol–water partition coefficient (Wildman–Crippen LogP) is 5.18. The third kappa shape index (κ3) is 2.06. The van der Waals surface area contributed by atoms with E-state index in [-0.39, 0.29) is 28.8 Å². The van der Waals surface area contributed by atoms with Gasteiger partial charge in [0.2, 0.25) is 11.6 Å². The lowest BCUT2D eigenvalue weighted by Crippen LogP contribution is -2.55. The first kappa shape index (κ1) is 17.2. The van der Waals surface area contributed by atoms with E-state index in [9.17, 15) is 9.59 Å². The summed E-state index contributed by atoms with van der Waals surface area (Å²) in [5.41, 5.74) is 0.306. The van der Waals surface area contributed by atoms with Gasteiger partial charge in [0.1, 0.15) is 0 Å². The van der Waals surface area contributed by atoms with Crippen LogP contribution < -0.4 is 0 Å². The largest absolute Gasteiger partial charge is 0.291 e. The van der Waals surface area contributed by atoms with Crippen LogP contribution in [0.25, 0.3) is 0 Å². The molecule has 0 spiro atoms. The minimum Gasteiger partial charge on any atom is -0.291 e. The molecule has 0 saturated heterocycles. The van der Waals surface area contributed by atoms with E-state index in [1.54, 1.807) is 0 Å². The van der Waals surface area contributed by atoms with E-state index >= 15 is 0 Å². The summed E-state index contributed by atoms with van der Waals surface area (Å²) in [5, 5.41) is 0. The molecular weight excluding hydrogens is 364 g/mol. The van der Waals surface area contributed by atoms with Crippen LogP contribution in [0.1, 0.15) is 72.1 Å². The van der Waals surface area contributed by atoms with Crippen LogP contribution in [-0.4, -0.2) is 16.4 Å². The number of Topliss-reactive ketones (excluding diaryl/α,β-unsaturated/α-hetero) is 2. The maximum Gasteiger partial charge on any atom is 0.202 e. The summed E-state index contributed by atoms with van der Waals surface area (Å²) in [4.78, 5) is 26.2. The van der Waals surface area contributed by atoms with Crippen LogP contribution in [-0.2, 0) is 9.59 Å². The number of alkyl halides is 1. The minimum atomic E-state index is -0.0598. The van der Waals surface area contributed by atoms with Crippen LogP contribution in [0, 0.1) is 40.4 Å². The summed E-state index contributed by atoms with van der Waals surface area (Å²) in [6, 6.07) is 0. The summed E-state index contributed by atoms with van der Waals surface area (Å²) in [5.74, 6) is 1.80. The molecule has 4 aliphatic carbocycles. The van der Waals surface area contributed by atoms with Crippen LogP contribution in [0.4, 0.5) is 0 Å². The van der Waals surface area contributed by atoms with Crippen molar-refractivity contribution in [2.45, 2.75) is 77.0 Å². The fourth-order valence-corrected chi connectivity index (χ4v) is 8.92. The highest BCUT2D eigenvalue weighted by atomic mass is 79.9. The lowest BCUT2D eigenvalue weighted by atomic mass is 9.44. The molecule has 0 bridgehead atoms. The van der Waals surface area contributed by atoms with Gasteiger partial charge in [-0.3, -0.25) is 9.59 Å². The van der Waals surface area contributed by atoms with Gasteiger partial charge in [-0.2, -0.15) is 0 Å². The first-order chi connectivity index (χ1) is 11.3. The van der Waals surface area contributed by atoms with E-state index in [0.29, 0.717) is 22.1 Å². The molecule has 4 fully saturated rings. The van der Waals surface area contributed by atoms with E-state index < -0.39 is 0 Å². The summed E-state index contributed by atoms with van der Waals surface area (Å²) in [6.45, 7) is 6.85. The molecule has 0 heterocycles. The lowest BCUT2D eigenvalue weighted by molar-refractivity contribution is -0.143. The molecule has 4 saturated carbocycles. The second kappa shape index (κ2) is 5.66. The number of rotatable bonds is 1. The van der Waals surface area contributed by atoms with Gasteiger partial charge in [0.15, 0.2) is 0 Å². The van der Waals surface area contributed by atoms with Crippen molar-refractivity contribution >= 4 is 27.5 Å². The molecule has 0 radical (unpaired) electrons. The molecule has 8 atom stereocenters. The third-order valence-electron chi connectivity index (χ3n) is 8.83. The summed E-state index contributed by atoms with van der Waals surface area (Å²) in [6.07, 6.45) is 9.43. The van der Waals surface area contributed by atoms with Gasteiger partial charge in [-0.05, 0) is 73.5 Å². The van der Waals surface area contributed by atoms with Crippen LogP contribution in [0.5, 0.6) is 0 Å². The van der Waals surface area contributed by atoms with Gasteiger partial charge in [-0.15, -0.1) is 0 Å². The van der Waals surface area contributed by atoms with Crippen molar-refractivity contribution in [3.63, 3.8) is 0 Å². The van der Waals surface area contributed by atoms with Crippen molar-refractivity contribution in [2.75, 3.05) is 0 Å². The number of hydrogen-bond donors (Lipinski definition) is 0. The molecule has 0 amide bonds. The maximum absolute atomic E-state index is 12.9. The number of halogens is 1. The van der Waals surface area contributed by atoms with Gasteiger partial charge >= 0.3 is 0 Å². The number of hydrogen-bond acceptors (Lipinski definition) is 2. The van der Waals surface area contributed by atoms with Crippen molar-refractivity contribution in [2.24, 2.45) is 40.4 Å². The van der Waals surface area contributed by atoms with Crippen molar-refractivity contribution < 1.29 is 9.59 Å². The Morgan fingerprint density at radius 3 is 2.42 bits per heavy atom. The Balaban J connectivity index is 1.71. The second-order valence-electron chi connectivity index (χ2n) is 9.58. The van der Waals surface area contributed by atoms with Gasteiger partial charge in [-0.25, -0.2) is 0 Å². The van der Waals surface area contributed by atoms with Crippen molar-refractivity contribution in [3.8, 4) is 0 Å². The monoisotopic (exact) mass is 394 g/mol.